The Morgan fingerprint density at radius 3 is 3.00 bits per heavy atom. The number of nitrogens with one attached hydrogen (secondary N) is 1. The maximum Gasteiger partial charge on any atom is 0.146 e. The van der Waals surface area contributed by atoms with Crippen molar-refractivity contribution in [3.05, 3.63) is 29.6 Å². The molecule has 1 aliphatic heterocycles. The van der Waals surface area contributed by atoms with Crippen LogP contribution in [0.15, 0.2) is 18.2 Å². The van der Waals surface area contributed by atoms with Gasteiger partial charge in [-0.2, -0.15) is 0 Å². The van der Waals surface area contributed by atoms with Crippen molar-refractivity contribution < 1.29 is 9.50 Å². The standard InChI is InChI=1S/C12H16FNO/c1-2-12(8-15)7-6-9-4-3-5-10(13)11(9)14-12/h3-5,14-15H,2,6-8H2,1H3. The average molecular weight is 209 g/mol. The second kappa shape index (κ2) is 3.81. The number of benzene rings is 1. The molecule has 3 heteroatoms. The van der Waals surface area contributed by atoms with E-state index in [4.69, 9.17) is 0 Å². The van der Waals surface area contributed by atoms with Crippen molar-refractivity contribution in [2.75, 3.05) is 11.9 Å². The Bertz CT molecular complexity index is 361. The summed E-state index contributed by atoms with van der Waals surface area (Å²) in [6.07, 6.45) is 2.49. The largest absolute Gasteiger partial charge is 0.394 e. The molecule has 0 aliphatic carbocycles. The van der Waals surface area contributed by atoms with E-state index in [9.17, 15) is 9.50 Å². The molecule has 1 atom stereocenters. The van der Waals surface area contributed by atoms with Crippen molar-refractivity contribution in [3.8, 4) is 0 Å². The van der Waals surface area contributed by atoms with Crippen LogP contribution in [-0.2, 0) is 6.42 Å². The van der Waals surface area contributed by atoms with Gasteiger partial charge in [0, 0.05) is 0 Å². The fourth-order valence-electron chi connectivity index (χ4n) is 2.11. The molecule has 0 radical (unpaired) electrons. The Labute approximate surface area is 89.1 Å². The van der Waals surface area contributed by atoms with Crippen LogP contribution in [-0.4, -0.2) is 17.3 Å². The number of aliphatic hydroxyl groups excluding tert-OH is 1. The third-order valence-corrected chi connectivity index (χ3v) is 3.34. The van der Waals surface area contributed by atoms with E-state index < -0.39 is 0 Å². The van der Waals surface area contributed by atoms with E-state index in [1.54, 1.807) is 6.07 Å². The Balaban J connectivity index is 2.36. The highest BCUT2D eigenvalue weighted by Crippen LogP contribution is 2.34. The van der Waals surface area contributed by atoms with Gasteiger partial charge in [0.15, 0.2) is 0 Å². The Hall–Kier alpha value is -1.09. The predicted octanol–water partition coefficient (Wildman–Crippen LogP) is 2.32. The van der Waals surface area contributed by atoms with Gasteiger partial charge in [-0.05, 0) is 30.9 Å². The van der Waals surface area contributed by atoms with E-state index in [0.29, 0.717) is 5.69 Å². The molecule has 2 N–H and O–H groups in total. The van der Waals surface area contributed by atoms with Crippen LogP contribution in [0.4, 0.5) is 10.1 Å². The van der Waals surface area contributed by atoms with Crippen LogP contribution in [0.25, 0.3) is 0 Å². The topological polar surface area (TPSA) is 32.3 Å². The molecule has 0 aromatic heterocycles. The minimum Gasteiger partial charge on any atom is -0.394 e. The fourth-order valence-corrected chi connectivity index (χ4v) is 2.11. The van der Waals surface area contributed by atoms with Crippen molar-refractivity contribution >= 4 is 5.69 Å². The molecule has 0 fully saturated rings. The first-order valence-corrected chi connectivity index (χ1v) is 5.37. The first-order valence-electron chi connectivity index (χ1n) is 5.37. The number of fused-ring (bicyclic) bond motifs is 1. The minimum absolute atomic E-state index is 0.0529. The molecular formula is C12H16FNO. The van der Waals surface area contributed by atoms with Gasteiger partial charge in [-0.1, -0.05) is 19.1 Å². The number of hydrogen-bond donors (Lipinski definition) is 2. The summed E-state index contributed by atoms with van der Waals surface area (Å²) in [4.78, 5) is 0. The highest BCUT2D eigenvalue weighted by atomic mass is 19.1. The van der Waals surface area contributed by atoms with Crippen molar-refractivity contribution in [2.24, 2.45) is 0 Å². The zero-order chi connectivity index (χ0) is 10.9. The molecule has 0 saturated heterocycles. The lowest BCUT2D eigenvalue weighted by molar-refractivity contribution is 0.194. The summed E-state index contributed by atoms with van der Waals surface area (Å²) in [6, 6.07) is 5.12. The van der Waals surface area contributed by atoms with Gasteiger partial charge in [-0.3, -0.25) is 0 Å². The summed E-state index contributed by atoms with van der Waals surface area (Å²) in [7, 11) is 0. The highest BCUT2D eigenvalue weighted by Gasteiger charge is 2.32. The number of aryl methyl sites for hydroxylation is 1. The molecular weight excluding hydrogens is 193 g/mol. The summed E-state index contributed by atoms with van der Waals surface area (Å²) < 4.78 is 13.5. The summed E-state index contributed by atoms with van der Waals surface area (Å²) in [5.74, 6) is -0.224. The van der Waals surface area contributed by atoms with Crippen LogP contribution in [0.3, 0.4) is 0 Å². The van der Waals surface area contributed by atoms with Crippen LogP contribution in [0, 0.1) is 5.82 Å². The first kappa shape index (κ1) is 10.4. The van der Waals surface area contributed by atoms with E-state index in [-0.39, 0.29) is 18.0 Å². The zero-order valence-electron chi connectivity index (χ0n) is 8.89. The number of aliphatic hydroxyl groups is 1. The van der Waals surface area contributed by atoms with Crippen LogP contribution >= 0.6 is 0 Å². The number of hydrogen-bond acceptors (Lipinski definition) is 2. The lowest BCUT2D eigenvalue weighted by atomic mass is 9.84. The van der Waals surface area contributed by atoms with E-state index in [0.717, 1.165) is 24.8 Å². The van der Waals surface area contributed by atoms with Crippen molar-refractivity contribution in [3.63, 3.8) is 0 Å². The van der Waals surface area contributed by atoms with Crippen LogP contribution in [0.2, 0.25) is 0 Å². The van der Waals surface area contributed by atoms with Gasteiger partial charge < -0.3 is 10.4 Å². The van der Waals surface area contributed by atoms with E-state index in [1.165, 1.54) is 6.07 Å². The molecule has 0 saturated carbocycles. The van der Waals surface area contributed by atoms with Crippen LogP contribution < -0.4 is 5.32 Å². The SMILES string of the molecule is CCC1(CO)CCc2cccc(F)c2N1. The van der Waals surface area contributed by atoms with E-state index >= 15 is 0 Å². The normalized spacial score (nSPS) is 24.5. The number of anilines is 1. The Morgan fingerprint density at radius 1 is 1.53 bits per heavy atom. The van der Waals surface area contributed by atoms with Crippen molar-refractivity contribution in [1.82, 2.24) is 0 Å². The zero-order valence-corrected chi connectivity index (χ0v) is 8.89. The third-order valence-electron chi connectivity index (χ3n) is 3.34. The van der Waals surface area contributed by atoms with Gasteiger partial charge in [0.1, 0.15) is 5.82 Å². The second-order valence-corrected chi connectivity index (χ2v) is 4.19. The monoisotopic (exact) mass is 209 g/mol. The van der Waals surface area contributed by atoms with Crippen molar-refractivity contribution in [2.45, 2.75) is 31.7 Å². The summed E-state index contributed by atoms with van der Waals surface area (Å²) in [6.45, 7) is 2.06. The quantitative estimate of drug-likeness (QED) is 0.783. The molecule has 82 valence electrons. The van der Waals surface area contributed by atoms with E-state index in [1.807, 2.05) is 13.0 Å². The number of rotatable bonds is 2. The van der Waals surface area contributed by atoms with Gasteiger partial charge >= 0.3 is 0 Å². The lowest BCUT2D eigenvalue weighted by Gasteiger charge is -2.38. The minimum atomic E-state index is -0.338. The van der Waals surface area contributed by atoms with Gasteiger partial charge in [-0.15, -0.1) is 0 Å². The molecule has 1 aromatic carbocycles. The lowest BCUT2D eigenvalue weighted by Crippen LogP contribution is -2.44. The van der Waals surface area contributed by atoms with Gasteiger partial charge in [0.2, 0.25) is 0 Å². The molecule has 1 aliphatic rings. The van der Waals surface area contributed by atoms with Gasteiger partial charge in [0.05, 0.1) is 17.8 Å². The summed E-state index contributed by atoms with van der Waals surface area (Å²) >= 11 is 0. The first-order chi connectivity index (χ1) is 7.21. The molecule has 1 aromatic rings. The number of halogens is 1. The smallest absolute Gasteiger partial charge is 0.146 e. The molecule has 1 heterocycles. The molecule has 0 spiro atoms. The molecule has 2 nitrogen and oxygen atoms in total. The fraction of sp³-hybridized carbons (Fsp3) is 0.500. The molecule has 2 rings (SSSR count). The molecule has 0 amide bonds. The van der Waals surface area contributed by atoms with Crippen LogP contribution in [0.5, 0.6) is 0 Å². The molecule has 15 heavy (non-hydrogen) atoms. The van der Waals surface area contributed by atoms with Gasteiger partial charge in [-0.25, -0.2) is 4.39 Å². The molecule has 0 bridgehead atoms. The average Bonchev–Trinajstić information content (AvgIpc) is 2.29. The van der Waals surface area contributed by atoms with Gasteiger partial charge in [0.25, 0.3) is 0 Å². The third kappa shape index (κ3) is 1.72. The maximum atomic E-state index is 13.5. The second-order valence-electron chi connectivity index (χ2n) is 4.19. The maximum absolute atomic E-state index is 13.5. The Morgan fingerprint density at radius 2 is 2.33 bits per heavy atom. The van der Waals surface area contributed by atoms with E-state index in [2.05, 4.69) is 5.32 Å². The summed E-state index contributed by atoms with van der Waals surface area (Å²) in [5.41, 5.74) is 1.24. The molecule has 1 unspecified atom stereocenters. The Kier molecular flexibility index (Phi) is 2.65. The predicted molar refractivity (Wildman–Crippen MR) is 58.5 cm³/mol. The summed E-state index contributed by atoms with van der Waals surface area (Å²) in [5, 5.41) is 12.5. The number of para-hydroxylation sites is 1. The van der Waals surface area contributed by atoms with Crippen LogP contribution in [0.1, 0.15) is 25.3 Å². The highest BCUT2D eigenvalue weighted by molar-refractivity contribution is 5.56. The van der Waals surface area contributed by atoms with Crippen molar-refractivity contribution in [1.29, 1.82) is 0 Å².